The van der Waals surface area contributed by atoms with Gasteiger partial charge in [0, 0.05) is 34.5 Å². The van der Waals surface area contributed by atoms with Gasteiger partial charge >= 0.3 is 0 Å². The molecule has 0 bridgehead atoms. The summed E-state index contributed by atoms with van der Waals surface area (Å²) in [5, 5.41) is 24.2. The Kier molecular flexibility index (Phi) is 5.32. The SMILES string of the molecule is COc1ccc(-c2n[nH]c3c(O)n(-c4ccc(-c5cc(C)no5)cc4)c(C4CCCCC4)c23)cc1. The number of fused-ring (bicyclic) bond motifs is 1. The number of aromatic nitrogens is 4. The average Bonchev–Trinajstić information content (AvgIpc) is 3.60. The summed E-state index contributed by atoms with van der Waals surface area (Å²) in [6, 6.07) is 17.9. The van der Waals surface area contributed by atoms with E-state index in [1.54, 1.807) is 7.11 Å². The van der Waals surface area contributed by atoms with Crippen LogP contribution in [-0.2, 0) is 0 Å². The maximum absolute atomic E-state index is 11.4. The number of benzene rings is 2. The molecule has 0 unspecified atom stereocenters. The van der Waals surface area contributed by atoms with E-state index in [1.165, 1.54) is 19.3 Å². The van der Waals surface area contributed by atoms with Crippen LogP contribution in [0, 0.1) is 6.92 Å². The van der Waals surface area contributed by atoms with Crippen LogP contribution >= 0.6 is 0 Å². The summed E-state index contributed by atoms with van der Waals surface area (Å²) >= 11 is 0. The van der Waals surface area contributed by atoms with Crippen molar-refractivity contribution in [1.82, 2.24) is 19.9 Å². The smallest absolute Gasteiger partial charge is 0.222 e. The Morgan fingerprint density at radius 1 is 1.00 bits per heavy atom. The highest BCUT2D eigenvalue weighted by molar-refractivity contribution is 5.99. The quantitative estimate of drug-likeness (QED) is 0.298. The van der Waals surface area contributed by atoms with E-state index in [4.69, 9.17) is 9.26 Å². The van der Waals surface area contributed by atoms with Gasteiger partial charge in [0.15, 0.2) is 5.76 Å². The highest BCUT2D eigenvalue weighted by Crippen LogP contribution is 2.46. The number of nitrogens with one attached hydrogen (secondary N) is 1. The summed E-state index contributed by atoms with van der Waals surface area (Å²) in [6.07, 6.45) is 5.84. The van der Waals surface area contributed by atoms with Gasteiger partial charge in [0.1, 0.15) is 17.0 Å². The first-order chi connectivity index (χ1) is 17.1. The van der Waals surface area contributed by atoms with Gasteiger partial charge < -0.3 is 14.4 Å². The minimum atomic E-state index is 0.191. The lowest BCUT2D eigenvalue weighted by molar-refractivity contribution is 0.414. The van der Waals surface area contributed by atoms with Crippen molar-refractivity contribution in [1.29, 1.82) is 0 Å². The number of hydrogen-bond acceptors (Lipinski definition) is 5. The summed E-state index contributed by atoms with van der Waals surface area (Å²) in [5.41, 5.74) is 6.35. The molecule has 0 atom stereocenters. The highest BCUT2D eigenvalue weighted by Gasteiger charge is 2.30. The topological polar surface area (TPSA) is 89.1 Å². The van der Waals surface area contributed by atoms with Gasteiger partial charge in [0.25, 0.3) is 0 Å². The van der Waals surface area contributed by atoms with Gasteiger partial charge in [0.05, 0.1) is 18.2 Å². The molecule has 3 aromatic heterocycles. The lowest BCUT2D eigenvalue weighted by atomic mass is 9.85. The van der Waals surface area contributed by atoms with Crippen molar-refractivity contribution in [2.45, 2.75) is 44.9 Å². The molecule has 0 aliphatic heterocycles. The molecule has 2 N–H and O–H groups in total. The van der Waals surface area contributed by atoms with Crippen LogP contribution in [0.2, 0.25) is 0 Å². The van der Waals surface area contributed by atoms with Gasteiger partial charge in [-0.2, -0.15) is 5.10 Å². The van der Waals surface area contributed by atoms with Gasteiger partial charge in [-0.1, -0.05) is 24.4 Å². The zero-order chi connectivity index (χ0) is 23.9. The Morgan fingerprint density at radius 2 is 1.71 bits per heavy atom. The van der Waals surface area contributed by atoms with E-state index in [9.17, 15) is 5.11 Å². The van der Waals surface area contributed by atoms with Crippen molar-refractivity contribution < 1.29 is 14.4 Å². The van der Waals surface area contributed by atoms with Gasteiger partial charge in [0.2, 0.25) is 5.88 Å². The van der Waals surface area contributed by atoms with Gasteiger partial charge in [-0.25, -0.2) is 0 Å². The van der Waals surface area contributed by atoms with Crippen LogP contribution in [-0.4, -0.2) is 32.1 Å². The zero-order valence-electron chi connectivity index (χ0n) is 19.9. The Hall–Kier alpha value is -4.00. The molecule has 3 heterocycles. The fourth-order valence-corrected chi connectivity index (χ4v) is 5.35. The summed E-state index contributed by atoms with van der Waals surface area (Å²) < 4.78 is 12.8. The van der Waals surface area contributed by atoms with Gasteiger partial charge in [-0.05, 0) is 68.3 Å². The third-order valence-electron chi connectivity index (χ3n) is 7.09. The maximum Gasteiger partial charge on any atom is 0.222 e. The van der Waals surface area contributed by atoms with Gasteiger partial charge in [-0.3, -0.25) is 9.67 Å². The Labute approximate surface area is 203 Å². The second-order valence-corrected chi connectivity index (χ2v) is 9.31. The van der Waals surface area contributed by atoms with Crippen molar-refractivity contribution in [3.05, 3.63) is 66.0 Å². The van der Waals surface area contributed by atoms with E-state index in [0.717, 1.165) is 63.6 Å². The predicted octanol–water partition coefficient (Wildman–Crippen LogP) is 6.75. The summed E-state index contributed by atoms with van der Waals surface area (Å²) in [5.74, 6) is 2.07. The molecule has 5 aromatic rings. The maximum atomic E-state index is 11.4. The van der Waals surface area contributed by atoms with Crippen LogP contribution in [0.15, 0.2) is 59.1 Å². The van der Waals surface area contributed by atoms with Crippen LogP contribution in [0.25, 0.3) is 39.2 Å². The van der Waals surface area contributed by atoms with Crippen molar-refractivity contribution in [3.8, 4) is 39.9 Å². The second-order valence-electron chi connectivity index (χ2n) is 9.31. The van der Waals surface area contributed by atoms with E-state index in [1.807, 2.05) is 66.1 Å². The molecular weight excluding hydrogens is 440 g/mol. The molecule has 7 heteroatoms. The van der Waals surface area contributed by atoms with E-state index in [0.29, 0.717) is 11.4 Å². The minimum Gasteiger partial charge on any atom is -0.497 e. The molecule has 6 rings (SSSR count). The molecule has 7 nitrogen and oxygen atoms in total. The molecular formula is C28H28N4O3. The number of methoxy groups -OCH3 is 1. The molecule has 0 radical (unpaired) electrons. The third kappa shape index (κ3) is 3.67. The lowest BCUT2D eigenvalue weighted by Crippen LogP contribution is -2.10. The fraction of sp³-hybridized carbons (Fsp3) is 0.286. The minimum absolute atomic E-state index is 0.191. The third-order valence-corrected chi connectivity index (χ3v) is 7.09. The van der Waals surface area contributed by atoms with E-state index in [2.05, 4.69) is 15.4 Å². The van der Waals surface area contributed by atoms with Crippen molar-refractivity contribution in [2.24, 2.45) is 0 Å². The number of H-pyrrole nitrogens is 1. The number of hydrogen-bond donors (Lipinski definition) is 2. The number of aryl methyl sites for hydroxylation is 1. The first-order valence-corrected chi connectivity index (χ1v) is 12.1. The zero-order valence-corrected chi connectivity index (χ0v) is 19.9. The van der Waals surface area contributed by atoms with Crippen molar-refractivity contribution in [3.63, 3.8) is 0 Å². The van der Waals surface area contributed by atoms with E-state index >= 15 is 0 Å². The molecule has 2 aromatic carbocycles. The highest BCUT2D eigenvalue weighted by atomic mass is 16.5. The normalized spacial score (nSPS) is 14.6. The molecule has 1 fully saturated rings. The number of rotatable bonds is 5. The largest absolute Gasteiger partial charge is 0.497 e. The van der Waals surface area contributed by atoms with Crippen LogP contribution in [0.3, 0.4) is 0 Å². The van der Waals surface area contributed by atoms with Crippen LogP contribution in [0.4, 0.5) is 0 Å². The first-order valence-electron chi connectivity index (χ1n) is 12.1. The summed E-state index contributed by atoms with van der Waals surface area (Å²) in [7, 11) is 1.66. The van der Waals surface area contributed by atoms with Gasteiger partial charge in [-0.15, -0.1) is 0 Å². The van der Waals surface area contributed by atoms with Crippen molar-refractivity contribution >= 4 is 10.9 Å². The fourth-order valence-electron chi connectivity index (χ4n) is 5.35. The second kappa shape index (κ2) is 8.65. The lowest BCUT2D eigenvalue weighted by Gasteiger charge is -2.24. The molecule has 1 aliphatic carbocycles. The molecule has 0 spiro atoms. The number of ether oxygens (including phenoxy) is 1. The van der Waals surface area contributed by atoms with Crippen molar-refractivity contribution in [2.75, 3.05) is 7.11 Å². The summed E-state index contributed by atoms with van der Waals surface area (Å²) in [6.45, 7) is 1.91. The monoisotopic (exact) mass is 468 g/mol. The molecule has 35 heavy (non-hydrogen) atoms. The molecule has 0 saturated heterocycles. The van der Waals surface area contributed by atoms with Crippen LogP contribution in [0.5, 0.6) is 11.6 Å². The Bertz CT molecular complexity index is 1470. The Morgan fingerprint density at radius 3 is 2.37 bits per heavy atom. The first kappa shape index (κ1) is 21.5. The Balaban J connectivity index is 1.52. The number of nitrogens with zero attached hydrogens (tertiary/aromatic N) is 3. The van der Waals surface area contributed by atoms with Crippen LogP contribution < -0.4 is 4.74 Å². The molecule has 1 aliphatic rings. The predicted molar refractivity (Wildman–Crippen MR) is 135 cm³/mol. The van der Waals surface area contributed by atoms with E-state index < -0.39 is 0 Å². The molecule has 178 valence electrons. The summed E-state index contributed by atoms with van der Waals surface area (Å²) in [4.78, 5) is 0. The average molecular weight is 469 g/mol. The van der Waals surface area contributed by atoms with Crippen LogP contribution in [0.1, 0.15) is 49.4 Å². The number of aromatic amines is 1. The molecule has 0 amide bonds. The van der Waals surface area contributed by atoms with E-state index in [-0.39, 0.29) is 5.88 Å². The molecule has 1 saturated carbocycles. The number of aromatic hydroxyl groups is 1. The standard InChI is InChI=1S/C28H28N4O3/c1-17-16-23(35-31-17)18-8-12-21(13-9-18)32-27(20-6-4-3-5-7-20)24-25(29-30-26(24)28(32)33)19-10-14-22(34-2)15-11-19/h8-16,20,30,33H,3-7H2,1-2H3.